The second-order valence-corrected chi connectivity index (χ2v) is 5.48. The molecule has 18 heavy (non-hydrogen) atoms. The minimum Gasteiger partial charge on any atom is -0.328 e. The molecule has 0 spiro atoms. The highest BCUT2D eigenvalue weighted by atomic mass is 32.2. The summed E-state index contributed by atoms with van der Waals surface area (Å²) in [6, 6.07) is 2.00. The predicted octanol–water partition coefficient (Wildman–Crippen LogP) is 0.137. The molecule has 1 unspecified atom stereocenters. The summed E-state index contributed by atoms with van der Waals surface area (Å²) in [6.07, 6.45) is 4.31. The third-order valence-corrected chi connectivity index (χ3v) is 3.96. The van der Waals surface area contributed by atoms with Crippen LogP contribution in [0.5, 0.6) is 0 Å². The fraction of sp³-hybridized carbons (Fsp3) is 0.200. The van der Waals surface area contributed by atoms with E-state index in [1.807, 2.05) is 0 Å². The number of hydrogen-bond donors (Lipinski definition) is 3. The van der Waals surface area contributed by atoms with Gasteiger partial charge in [-0.3, -0.25) is 9.89 Å². The first-order valence-electron chi connectivity index (χ1n) is 5.19. The summed E-state index contributed by atoms with van der Waals surface area (Å²) < 4.78 is 26.5. The summed E-state index contributed by atoms with van der Waals surface area (Å²) in [5.41, 5.74) is 0.375. The number of pyridine rings is 1. The average Bonchev–Trinajstić information content (AvgIpc) is 2.82. The van der Waals surface area contributed by atoms with Crippen LogP contribution in [0.15, 0.2) is 40.4 Å². The second-order valence-electron chi connectivity index (χ2n) is 3.76. The predicted molar refractivity (Wildman–Crippen MR) is 64.4 cm³/mol. The number of H-pyrrole nitrogens is 2. The Morgan fingerprint density at radius 3 is 2.67 bits per heavy atom. The van der Waals surface area contributed by atoms with E-state index in [-0.39, 0.29) is 10.5 Å². The van der Waals surface area contributed by atoms with Crippen molar-refractivity contribution in [2.45, 2.75) is 17.9 Å². The number of rotatable bonds is 4. The Hall–Kier alpha value is -1.93. The summed E-state index contributed by atoms with van der Waals surface area (Å²) in [5.74, 6) is 0. The highest BCUT2D eigenvalue weighted by Gasteiger charge is 2.18. The molecular formula is C10H12N4O3S. The lowest BCUT2D eigenvalue weighted by atomic mass is 10.2. The Morgan fingerprint density at radius 1 is 1.33 bits per heavy atom. The number of aromatic nitrogens is 3. The van der Waals surface area contributed by atoms with Gasteiger partial charge in [0.25, 0.3) is 0 Å². The minimum absolute atomic E-state index is 0.0115. The first kappa shape index (κ1) is 12.5. The molecular weight excluding hydrogens is 256 g/mol. The van der Waals surface area contributed by atoms with Crippen LogP contribution in [0.3, 0.4) is 0 Å². The molecule has 1 atom stereocenters. The summed E-state index contributed by atoms with van der Waals surface area (Å²) in [7, 11) is -3.66. The zero-order valence-electron chi connectivity index (χ0n) is 9.54. The molecule has 0 aliphatic rings. The first-order valence-corrected chi connectivity index (χ1v) is 6.67. The SMILES string of the molecule is CC(NS(=O)(=O)c1ccc(=O)[nH]c1)c1cn[nH]c1. The van der Waals surface area contributed by atoms with E-state index in [1.165, 1.54) is 6.07 Å². The van der Waals surface area contributed by atoms with Crippen molar-refractivity contribution >= 4 is 10.0 Å². The van der Waals surface area contributed by atoms with Crippen molar-refractivity contribution in [2.75, 3.05) is 0 Å². The highest BCUT2D eigenvalue weighted by molar-refractivity contribution is 7.89. The summed E-state index contributed by atoms with van der Waals surface area (Å²) in [6.45, 7) is 1.70. The molecule has 0 aliphatic carbocycles. The normalized spacial score (nSPS) is 13.4. The maximum atomic E-state index is 12.0. The van der Waals surface area contributed by atoms with E-state index in [9.17, 15) is 13.2 Å². The van der Waals surface area contributed by atoms with E-state index >= 15 is 0 Å². The quantitative estimate of drug-likeness (QED) is 0.732. The van der Waals surface area contributed by atoms with Crippen molar-refractivity contribution in [1.82, 2.24) is 19.9 Å². The zero-order valence-corrected chi connectivity index (χ0v) is 10.4. The van der Waals surface area contributed by atoms with Gasteiger partial charge in [0, 0.05) is 30.1 Å². The van der Waals surface area contributed by atoms with E-state index in [0.717, 1.165) is 17.8 Å². The van der Waals surface area contributed by atoms with E-state index in [1.54, 1.807) is 19.3 Å². The van der Waals surface area contributed by atoms with Crippen molar-refractivity contribution in [2.24, 2.45) is 0 Å². The van der Waals surface area contributed by atoms with Gasteiger partial charge in [0.2, 0.25) is 15.6 Å². The minimum atomic E-state index is -3.66. The molecule has 0 saturated heterocycles. The lowest BCUT2D eigenvalue weighted by Crippen LogP contribution is -2.27. The van der Waals surface area contributed by atoms with Crippen LogP contribution in [-0.2, 0) is 10.0 Å². The third-order valence-electron chi connectivity index (χ3n) is 2.42. The van der Waals surface area contributed by atoms with Crippen LogP contribution in [0.25, 0.3) is 0 Å². The van der Waals surface area contributed by atoms with Gasteiger partial charge >= 0.3 is 0 Å². The van der Waals surface area contributed by atoms with Crippen LogP contribution in [0.2, 0.25) is 0 Å². The van der Waals surface area contributed by atoms with Gasteiger partial charge in [-0.05, 0) is 13.0 Å². The fourth-order valence-corrected chi connectivity index (χ4v) is 2.63. The average molecular weight is 268 g/mol. The molecule has 0 fully saturated rings. The van der Waals surface area contributed by atoms with E-state index in [4.69, 9.17) is 0 Å². The first-order chi connectivity index (χ1) is 8.49. The molecule has 2 heterocycles. The highest BCUT2D eigenvalue weighted by Crippen LogP contribution is 2.14. The van der Waals surface area contributed by atoms with Crippen LogP contribution < -0.4 is 10.3 Å². The lowest BCUT2D eigenvalue weighted by Gasteiger charge is -2.12. The molecule has 3 N–H and O–H groups in total. The number of aromatic amines is 2. The molecule has 2 rings (SSSR count). The van der Waals surface area contributed by atoms with Crippen LogP contribution in [0, 0.1) is 0 Å². The molecule has 0 aliphatic heterocycles. The molecule has 0 bridgehead atoms. The van der Waals surface area contributed by atoms with Crippen molar-refractivity contribution in [3.8, 4) is 0 Å². The Kier molecular flexibility index (Phi) is 3.30. The topological polar surface area (TPSA) is 108 Å². The summed E-state index contributed by atoms with van der Waals surface area (Å²) in [4.78, 5) is 13.2. The van der Waals surface area contributed by atoms with Gasteiger partial charge in [-0.1, -0.05) is 0 Å². The summed E-state index contributed by atoms with van der Waals surface area (Å²) in [5, 5.41) is 6.36. The molecule has 7 nitrogen and oxygen atoms in total. The Bertz CT molecular complexity index is 655. The van der Waals surface area contributed by atoms with Crippen LogP contribution >= 0.6 is 0 Å². The van der Waals surface area contributed by atoms with Gasteiger partial charge in [0.1, 0.15) is 0 Å². The van der Waals surface area contributed by atoms with Crippen LogP contribution in [0.4, 0.5) is 0 Å². The van der Waals surface area contributed by atoms with E-state index in [0.29, 0.717) is 0 Å². The fourth-order valence-electron chi connectivity index (χ4n) is 1.43. The van der Waals surface area contributed by atoms with Gasteiger partial charge in [-0.25, -0.2) is 13.1 Å². The van der Waals surface area contributed by atoms with Crippen molar-refractivity contribution in [3.63, 3.8) is 0 Å². The number of nitrogens with zero attached hydrogens (tertiary/aromatic N) is 1. The molecule has 0 saturated carbocycles. The van der Waals surface area contributed by atoms with Crippen molar-refractivity contribution < 1.29 is 8.42 Å². The monoisotopic (exact) mass is 268 g/mol. The summed E-state index contributed by atoms with van der Waals surface area (Å²) >= 11 is 0. The molecule has 8 heteroatoms. The van der Waals surface area contributed by atoms with E-state index < -0.39 is 16.1 Å². The molecule has 0 amide bonds. The molecule has 2 aromatic rings. The Balaban J connectivity index is 2.22. The number of sulfonamides is 1. The largest absolute Gasteiger partial charge is 0.328 e. The maximum absolute atomic E-state index is 12.0. The maximum Gasteiger partial charge on any atom is 0.247 e. The third kappa shape index (κ3) is 2.66. The van der Waals surface area contributed by atoms with Gasteiger partial charge in [-0.15, -0.1) is 0 Å². The number of hydrogen-bond acceptors (Lipinski definition) is 4. The van der Waals surface area contributed by atoms with Gasteiger partial charge < -0.3 is 4.98 Å². The molecule has 0 aromatic carbocycles. The standard InChI is InChI=1S/C10H12N4O3S/c1-7(8-4-12-13-5-8)14-18(16,17)9-2-3-10(15)11-6-9/h2-7,14H,1H3,(H,11,15)(H,12,13). The van der Waals surface area contributed by atoms with Crippen LogP contribution in [-0.4, -0.2) is 23.6 Å². The smallest absolute Gasteiger partial charge is 0.247 e. The lowest BCUT2D eigenvalue weighted by molar-refractivity contribution is 0.566. The van der Waals surface area contributed by atoms with Crippen molar-refractivity contribution in [1.29, 1.82) is 0 Å². The molecule has 2 aromatic heterocycles. The van der Waals surface area contributed by atoms with Crippen molar-refractivity contribution in [3.05, 3.63) is 46.6 Å². The van der Waals surface area contributed by atoms with Gasteiger partial charge in [0.15, 0.2) is 0 Å². The zero-order chi connectivity index (χ0) is 13.2. The van der Waals surface area contributed by atoms with E-state index in [2.05, 4.69) is 19.9 Å². The van der Waals surface area contributed by atoms with Gasteiger partial charge in [-0.2, -0.15) is 5.10 Å². The molecule has 96 valence electrons. The van der Waals surface area contributed by atoms with Gasteiger partial charge in [0.05, 0.1) is 11.1 Å². The Morgan fingerprint density at radius 2 is 2.11 bits per heavy atom. The number of nitrogens with one attached hydrogen (secondary N) is 3. The Labute approximate surface area is 103 Å². The molecule has 0 radical (unpaired) electrons. The van der Waals surface area contributed by atoms with Crippen LogP contribution in [0.1, 0.15) is 18.5 Å². The second kappa shape index (κ2) is 4.75.